The van der Waals surface area contributed by atoms with Crippen LogP contribution < -0.4 is 5.32 Å². The van der Waals surface area contributed by atoms with Crippen molar-refractivity contribution in [3.8, 4) is 0 Å². The largest absolute Gasteiger partial charge is 0.369 e. The van der Waals surface area contributed by atoms with Crippen molar-refractivity contribution >= 4 is 29.1 Å². The van der Waals surface area contributed by atoms with Crippen molar-refractivity contribution in [2.75, 3.05) is 39.3 Å². The minimum absolute atomic E-state index is 0.000332. The van der Waals surface area contributed by atoms with Crippen molar-refractivity contribution in [1.82, 2.24) is 15.1 Å². The van der Waals surface area contributed by atoms with Crippen molar-refractivity contribution in [3.05, 3.63) is 21.4 Å². The third-order valence-corrected chi connectivity index (χ3v) is 7.15. The van der Waals surface area contributed by atoms with Crippen LogP contribution in [0.4, 0.5) is 0 Å². The Labute approximate surface area is 162 Å². The summed E-state index contributed by atoms with van der Waals surface area (Å²) in [6.07, 6.45) is 2.72. The molecule has 27 heavy (non-hydrogen) atoms. The molecular weight excluding hydrogens is 366 g/mol. The molecule has 0 bridgehead atoms. The number of nitrogens with zero attached hydrogens (tertiary/aromatic N) is 2. The molecule has 3 amide bonds. The summed E-state index contributed by atoms with van der Waals surface area (Å²) in [5.41, 5.74) is 0.842. The Kier molecular flexibility index (Phi) is 4.94. The number of likely N-dealkylation sites (tertiary alicyclic amines) is 1. The third kappa shape index (κ3) is 3.48. The van der Waals surface area contributed by atoms with E-state index in [0.29, 0.717) is 45.8 Å². The highest BCUT2D eigenvalue weighted by molar-refractivity contribution is 7.14. The summed E-state index contributed by atoms with van der Waals surface area (Å²) in [6.45, 7) is 5.15. The number of nitrogens with one attached hydrogen (secondary N) is 1. The van der Waals surface area contributed by atoms with E-state index in [4.69, 9.17) is 4.74 Å². The number of amides is 3. The van der Waals surface area contributed by atoms with Crippen molar-refractivity contribution in [3.63, 3.8) is 0 Å². The monoisotopic (exact) mass is 391 g/mol. The second-order valence-electron chi connectivity index (χ2n) is 7.46. The molecule has 0 radical (unpaired) electrons. The molecule has 3 aliphatic rings. The van der Waals surface area contributed by atoms with E-state index in [-0.39, 0.29) is 23.3 Å². The molecule has 8 heteroatoms. The van der Waals surface area contributed by atoms with Gasteiger partial charge in [-0.3, -0.25) is 14.4 Å². The van der Waals surface area contributed by atoms with Crippen LogP contribution in [0, 0.1) is 0 Å². The van der Waals surface area contributed by atoms with Crippen LogP contribution in [0.25, 0.3) is 0 Å². The number of hydrogen-bond acceptors (Lipinski definition) is 5. The summed E-state index contributed by atoms with van der Waals surface area (Å²) in [5.74, 6) is 0.106. The minimum Gasteiger partial charge on any atom is -0.369 e. The van der Waals surface area contributed by atoms with Crippen molar-refractivity contribution in [2.24, 2.45) is 0 Å². The van der Waals surface area contributed by atoms with Gasteiger partial charge in [-0.2, -0.15) is 0 Å². The predicted octanol–water partition coefficient (Wildman–Crippen LogP) is 1.12. The molecule has 1 N–H and O–H groups in total. The van der Waals surface area contributed by atoms with E-state index in [0.717, 1.165) is 29.0 Å². The second kappa shape index (κ2) is 7.24. The molecule has 0 atom stereocenters. The van der Waals surface area contributed by atoms with Gasteiger partial charge in [0.25, 0.3) is 5.91 Å². The minimum atomic E-state index is -0.362. The van der Waals surface area contributed by atoms with Crippen molar-refractivity contribution in [2.45, 2.75) is 38.2 Å². The first-order valence-corrected chi connectivity index (χ1v) is 10.4. The predicted molar refractivity (Wildman–Crippen MR) is 101 cm³/mol. The van der Waals surface area contributed by atoms with E-state index in [1.807, 2.05) is 11.0 Å². The quantitative estimate of drug-likeness (QED) is 0.778. The van der Waals surface area contributed by atoms with E-state index < -0.39 is 0 Å². The maximum Gasteiger partial charge on any atom is 0.264 e. The molecule has 1 aromatic rings. The highest BCUT2D eigenvalue weighted by Crippen LogP contribution is 2.45. The normalized spacial score (nSPS) is 22.2. The van der Waals surface area contributed by atoms with E-state index in [1.165, 1.54) is 16.9 Å². The molecule has 0 aliphatic carbocycles. The topological polar surface area (TPSA) is 79.0 Å². The van der Waals surface area contributed by atoms with Crippen LogP contribution in [0.1, 0.15) is 46.3 Å². The average molecular weight is 391 g/mol. The van der Waals surface area contributed by atoms with Crippen LogP contribution in [0.5, 0.6) is 0 Å². The fourth-order valence-electron chi connectivity index (χ4n) is 4.21. The molecule has 146 valence electrons. The summed E-state index contributed by atoms with van der Waals surface area (Å²) < 4.78 is 6.23. The summed E-state index contributed by atoms with van der Waals surface area (Å²) in [4.78, 5) is 41.7. The smallest absolute Gasteiger partial charge is 0.264 e. The number of piperidine rings is 1. The first kappa shape index (κ1) is 18.4. The Morgan fingerprint density at radius 1 is 1.15 bits per heavy atom. The Bertz CT molecular complexity index is 767. The molecule has 0 aromatic carbocycles. The number of thiophene rings is 1. The lowest BCUT2D eigenvalue weighted by molar-refractivity contribution is -0.138. The van der Waals surface area contributed by atoms with Gasteiger partial charge < -0.3 is 19.9 Å². The lowest BCUT2D eigenvalue weighted by Crippen LogP contribution is -2.47. The van der Waals surface area contributed by atoms with Crippen LogP contribution in [-0.2, 0) is 26.3 Å². The number of carbonyl (C=O) groups is 3. The molecule has 2 saturated heterocycles. The van der Waals surface area contributed by atoms with Gasteiger partial charge >= 0.3 is 0 Å². The van der Waals surface area contributed by atoms with Gasteiger partial charge in [0.05, 0.1) is 11.5 Å². The molecule has 0 unspecified atom stereocenters. The summed E-state index contributed by atoms with van der Waals surface area (Å²) in [6, 6.07) is 2.02. The fourth-order valence-corrected chi connectivity index (χ4v) is 5.59. The van der Waals surface area contributed by atoms with Gasteiger partial charge in [0.2, 0.25) is 11.8 Å². The van der Waals surface area contributed by atoms with Crippen LogP contribution in [0.15, 0.2) is 6.07 Å². The number of hydrogen-bond donors (Lipinski definition) is 1. The Hall–Kier alpha value is -1.93. The molecule has 3 aliphatic heterocycles. The van der Waals surface area contributed by atoms with Gasteiger partial charge in [-0.15, -0.1) is 11.3 Å². The second-order valence-corrected chi connectivity index (χ2v) is 8.51. The Morgan fingerprint density at radius 2 is 1.93 bits per heavy atom. The van der Waals surface area contributed by atoms with Crippen LogP contribution >= 0.6 is 11.3 Å². The number of rotatable bonds is 1. The lowest BCUT2D eigenvalue weighted by atomic mass is 9.85. The first-order chi connectivity index (χ1) is 13.0. The number of carbonyl (C=O) groups excluding carboxylic acids is 3. The number of ether oxygens (including phenoxy) is 1. The zero-order valence-electron chi connectivity index (χ0n) is 15.6. The molecule has 1 aromatic heterocycles. The molecule has 7 nitrogen and oxygen atoms in total. The van der Waals surface area contributed by atoms with Gasteiger partial charge in [-0.05, 0) is 30.9 Å². The summed E-state index contributed by atoms with van der Waals surface area (Å²) in [5, 5.41) is 2.81. The highest BCUT2D eigenvalue weighted by Gasteiger charge is 2.43. The van der Waals surface area contributed by atoms with Gasteiger partial charge in [0, 0.05) is 50.9 Å². The van der Waals surface area contributed by atoms with Gasteiger partial charge in [-0.25, -0.2) is 0 Å². The molecule has 4 heterocycles. The van der Waals surface area contributed by atoms with Crippen molar-refractivity contribution < 1.29 is 19.1 Å². The zero-order valence-corrected chi connectivity index (χ0v) is 16.4. The van der Waals surface area contributed by atoms with E-state index in [9.17, 15) is 14.4 Å². The Morgan fingerprint density at radius 3 is 2.67 bits per heavy atom. The molecule has 1 spiro atoms. The van der Waals surface area contributed by atoms with Crippen molar-refractivity contribution in [1.29, 1.82) is 0 Å². The third-order valence-electron chi connectivity index (χ3n) is 5.80. The van der Waals surface area contributed by atoms with Gasteiger partial charge in [0.15, 0.2) is 0 Å². The van der Waals surface area contributed by atoms with E-state index in [1.54, 1.807) is 11.8 Å². The standard InChI is InChI=1S/C19H25N3O4S/c1-13(23)21-8-4-19(5-9-21)17-14(3-11-26-19)12-15(27-17)18(25)22-7-2-16(24)20-6-10-22/h12H,2-11H2,1H3,(H,20,24). The van der Waals surface area contributed by atoms with Crippen LogP contribution in [-0.4, -0.2) is 66.9 Å². The average Bonchev–Trinajstić information content (AvgIpc) is 2.99. The van der Waals surface area contributed by atoms with Gasteiger partial charge in [0.1, 0.15) is 5.60 Å². The molecular formula is C19H25N3O4S. The summed E-state index contributed by atoms with van der Waals surface area (Å²) in [7, 11) is 0. The number of fused-ring (bicyclic) bond motifs is 2. The maximum atomic E-state index is 13.0. The Balaban J connectivity index is 1.55. The van der Waals surface area contributed by atoms with Gasteiger partial charge in [-0.1, -0.05) is 0 Å². The van der Waals surface area contributed by atoms with E-state index >= 15 is 0 Å². The fraction of sp³-hybridized carbons (Fsp3) is 0.632. The van der Waals surface area contributed by atoms with E-state index in [2.05, 4.69) is 5.32 Å². The van der Waals surface area contributed by atoms with Crippen LogP contribution in [0.2, 0.25) is 0 Å². The zero-order chi connectivity index (χ0) is 19.0. The van der Waals surface area contributed by atoms with Crippen LogP contribution in [0.3, 0.4) is 0 Å². The maximum absolute atomic E-state index is 13.0. The molecule has 0 saturated carbocycles. The highest BCUT2D eigenvalue weighted by atomic mass is 32.1. The molecule has 2 fully saturated rings. The first-order valence-electron chi connectivity index (χ1n) is 9.57. The SMILES string of the molecule is CC(=O)N1CCC2(CC1)OCCc1cc(C(=O)N3CCNC(=O)CC3)sc12. The summed E-state index contributed by atoms with van der Waals surface area (Å²) >= 11 is 1.53. The molecule has 4 rings (SSSR count). The lowest BCUT2D eigenvalue weighted by Gasteiger charge is -2.43.